The van der Waals surface area contributed by atoms with Gasteiger partial charge >= 0.3 is 0 Å². The average molecular weight is 236 g/mol. The van der Waals surface area contributed by atoms with Crippen molar-refractivity contribution in [2.75, 3.05) is 32.8 Å². The lowest BCUT2D eigenvalue weighted by atomic mass is 10.0. The molecule has 2 aliphatic heterocycles. The van der Waals surface area contributed by atoms with Crippen LogP contribution >= 0.6 is 12.4 Å². The zero-order valence-corrected chi connectivity index (χ0v) is 10.3. The topological polar surface area (TPSA) is 50.5 Å². The molecular formula is C10H22ClN3O. The summed E-state index contributed by atoms with van der Waals surface area (Å²) in [5.41, 5.74) is 5.94. The highest BCUT2D eigenvalue weighted by Gasteiger charge is 2.37. The Bertz CT molecular complexity index is 207. The molecule has 0 amide bonds. The van der Waals surface area contributed by atoms with Crippen LogP contribution in [0.2, 0.25) is 0 Å². The fourth-order valence-corrected chi connectivity index (χ4v) is 2.38. The van der Waals surface area contributed by atoms with E-state index in [2.05, 4.69) is 24.1 Å². The molecule has 0 unspecified atom stereocenters. The Hall–Kier alpha value is 0.130. The first-order chi connectivity index (χ1) is 6.56. The molecule has 0 aromatic carbocycles. The van der Waals surface area contributed by atoms with Crippen LogP contribution in [-0.4, -0.2) is 55.4 Å². The number of nitrogens with two attached hydrogens (primary N) is 1. The lowest BCUT2D eigenvalue weighted by molar-refractivity contribution is -0.0517. The monoisotopic (exact) mass is 235 g/mol. The number of hydrogen-bond acceptors (Lipinski definition) is 4. The maximum Gasteiger partial charge on any atom is 0.0867 e. The van der Waals surface area contributed by atoms with Crippen molar-refractivity contribution in [3.63, 3.8) is 0 Å². The zero-order chi connectivity index (χ0) is 10.2. The second kappa shape index (κ2) is 4.97. The molecule has 2 rings (SSSR count). The van der Waals surface area contributed by atoms with E-state index in [1.165, 1.54) is 0 Å². The van der Waals surface area contributed by atoms with Crippen LogP contribution in [0.1, 0.15) is 13.8 Å². The van der Waals surface area contributed by atoms with E-state index in [0.29, 0.717) is 12.1 Å². The van der Waals surface area contributed by atoms with Gasteiger partial charge in [0, 0.05) is 37.8 Å². The third-order valence-corrected chi connectivity index (χ3v) is 2.92. The first kappa shape index (κ1) is 13.2. The van der Waals surface area contributed by atoms with E-state index < -0.39 is 0 Å². The smallest absolute Gasteiger partial charge is 0.0867 e. The zero-order valence-electron chi connectivity index (χ0n) is 9.53. The second-order valence-corrected chi connectivity index (χ2v) is 5.09. The van der Waals surface area contributed by atoms with Gasteiger partial charge in [-0.1, -0.05) is 0 Å². The minimum absolute atomic E-state index is 0. The van der Waals surface area contributed by atoms with Crippen LogP contribution in [0.5, 0.6) is 0 Å². The number of halogens is 1. The van der Waals surface area contributed by atoms with Crippen LogP contribution in [0.3, 0.4) is 0 Å². The summed E-state index contributed by atoms with van der Waals surface area (Å²) in [7, 11) is 0. The molecule has 0 aromatic heterocycles. The van der Waals surface area contributed by atoms with Gasteiger partial charge in [-0.05, 0) is 13.8 Å². The second-order valence-electron chi connectivity index (χ2n) is 5.09. The molecular weight excluding hydrogens is 214 g/mol. The molecule has 90 valence electrons. The third kappa shape index (κ3) is 3.29. The highest BCUT2D eigenvalue weighted by molar-refractivity contribution is 5.85. The van der Waals surface area contributed by atoms with E-state index in [9.17, 15) is 0 Å². The lowest BCUT2D eigenvalue weighted by Crippen LogP contribution is -2.56. The number of rotatable bonds is 2. The Morgan fingerprint density at radius 2 is 2.20 bits per heavy atom. The van der Waals surface area contributed by atoms with Crippen molar-refractivity contribution in [1.29, 1.82) is 0 Å². The molecule has 4 nitrogen and oxygen atoms in total. The van der Waals surface area contributed by atoms with E-state index in [1.54, 1.807) is 0 Å². The van der Waals surface area contributed by atoms with Crippen molar-refractivity contribution < 1.29 is 4.74 Å². The molecule has 2 aliphatic rings. The Balaban J connectivity index is 0.00000112. The quantitative estimate of drug-likeness (QED) is 0.697. The normalized spacial score (nSPS) is 32.2. The molecule has 2 heterocycles. The molecule has 15 heavy (non-hydrogen) atoms. The Labute approximate surface area is 97.9 Å². The molecule has 0 aliphatic carbocycles. The van der Waals surface area contributed by atoms with Crippen LogP contribution in [0, 0.1) is 0 Å². The first-order valence-corrected chi connectivity index (χ1v) is 5.41. The summed E-state index contributed by atoms with van der Waals surface area (Å²) < 4.78 is 5.70. The lowest BCUT2D eigenvalue weighted by Gasteiger charge is -2.40. The summed E-state index contributed by atoms with van der Waals surface area (Å²) in [6, 6.07) is 0.534. The van der Waals surface area contributed by atoms with Gasteiger partial charge in [0.25, 0.3) is 0 Å². The minimum atomic E-state index is -0.107. The fourth-order valence-electron chi connectivity index (χ4n) is 2.38. The molecule has 0 aromatic rings. The van der Waals surface area contributed by atoms with Crippen LogP contribution in [-0.2, 0) is 4.74 Å². The first-order valence-electron chi connectivity index (χ1n) is 5.41. The summed E-state index contributed by atoms with van der Waals surface area (Å²) in [5.74, 6) is 0. The van der Waals surface area contributed by atoms with Gasteiger partial charge in [0.2, 0.25) is 0 Å². The summed E-state index contributed by atoms with van der Waals surface area (Å²) in [5, 5.41) is 3.37. The molecule has 5 heteroatoms. The highest BCUT2D eigenvalue weighted by atomic mass is 35.5. The van der Waals surface area contributed by atoms with Gasteiger partial charge in [-0.15, -0.1) is 12.4 Å². The van der Waals surface area contributed by atoms with Crippen molar-refractivity contribution in [3.05, 3.63) is 0 Å². The number of morpholine rings is 1. The molecule has 0 radical (unpaired) electrons. The Kier molecular flexibility index (Phi) is 4.38. The van der Waals surface area contributed by atoms with Gasteiger partial charge in [-0.3, -0.25) is 4.90 Å². The fraction of sp³-hybridized carbons (Fsp3) is 1.00. The predicted octanol–water partition coefficient (Wildman–Crippen LogP) is -0.182. The number of nitrogens with one attached hydrogen (secondary N) is 1. The number of nitrogens with zero attached hydrogens (tertiary/aromatic N) is 1. The SMILES string of the molecule is CC(C)(N)CN1CCO[C@@H]2CNC[C@H]21.Cl. The average Bonchev–Trinajstić information content (AvgIpc) is 2.49. The molecule has 2 atom stereocenters. The predicted molar refractivity (Wildman–Crippen MR) is 63.5 cm³/mol. The Morgan fingerprint density at radius 1 is 1.47 bits per heavy atom. The van der Waals surface area contributed by atoms with Crippen LogP contribution in [0.25, 0.3) is 0 Å². The van der Waals surface area contributed by atoms with Crippen molar-refractivity contribution in [2.24, 2.45) is 5.73 Å². The van der Waals surface area contributed by atoms with Crippen LogP contribution in [0.4, 0.5) is 0 Å². The summed E-state index contributed by atoms with van der Waals surface area (Å²) in [6.45, 7) is 9.02. The van der Waals surface area contributed by atoms with Gasteiger partial charge in [-0.2, -0.15) is 0 Å². The van der Waals surface area contributed by atoms with Crippen molar-refractivity contribution in [1.82, 2.24) is 10.2 Å². The van der Waals surface area contributed by atoms with Gasteiger partial charge in [-0.25, -0.2) is 0 Å². The maximum absolute atomic E-state index is 6.05. The molecule has 2 fully saturated rings. The molecule has 0 saturated carbocycles. The summed E-state index contributed by atoms with van der Waals surface area (Å²) >= 11 is 0. The van der Waals surface area contributed by atoms with E-state index >= 15 is 0 Å². The third-order valence-electron chi connectivity index (χ3n) is 2.92. The van der Waals surface area contributed by atoms with Crippen LogP contribution in [0.15, 0.2) is 0 Å². The van der Waals surface area contributed by atoms with E-state index in [0.717, 1.165) is 32.8 Å². The molecule has 0 spiro atoms. The Morgan fingerprint density at radius 3 is 2.87 bits per heavy atom. The maximum atomic E-state index is 6.05. The summed E-state index contributed by atoms with van der Waals surface area (Å²) in [4.78, 5) is 2.47. The molecule has 3 N–H and O–H groups in total. The van der Waals surface area contributed by atoms with Crippen molar-refractivity contribution >= 4 is 12.4 Å². The van der Waals surface area contributed by atoms with Crippen molar-refractivity contribution in [3.8, 4) is 0 Å². The van der Waals surface area contributed by atoms with E-state index in [1.807, 2.05) is 0 Å². The van der Waals surface area contributed by atoms with Gasteiger partial charge in [0.1, 0.15) is 0 Å². The van der Waals surface area contributed by atoms with E-state index in [4.69, 9.17) is 10.5 Å². The number of ether oxygens (including phenoxy) is 1. The summed E-state index contributed by atoms with van der Waals surface area (Å²) in [6.07, 6.45) is 0.381. The van der Waals surface area contributed by atoms with Crippen LogP contribution < -0.4 is 11.1 Å². The van der Waals surface area contributed by atoms with Gasteiger partial charge in [0.15, 0.2) is 0 Å². The standard InChI is InChI=1S/C10H21N3O.ClH/c1-10(2,11)7-13-3-4-14-9-6-12-5-8(9)13;/h8-9,12H,3-7,11H2,1-2H3;1H/t8-,9-;/m1./s1. The minimum Gasteiger partial charge on any atom is -0.374 e. The molecule has 2 saturated heterocycles. The number of fused-ring (bicyclic) bond motifs is 1. The van der Waals surface area contributed by atoms with Crippen molar-refractivity contribution in [2.45, 2.75) is 31.5 Å². The van der Waals surface area contributed by atoms with E-state index in [-0.39, 0.29) is 17.9 Å². The highest BCUT2D eigenvalue weighted by Crippen LogP contribution is 2.18. The largest absolute Gasteiger partial charge is 0.374 e. The van der Waals surface area contributed by atoms with Gasteiger partial charge in [0.05, 0.1) is 12.7 Å². The molecule has 0 bridgehead atoms. The van der Waals surface area contributed by atoms with Gasteiger partial charge < -0.3 is 15.8 Å². The number of hydrogen-bond donors (Lipinski definition) is 2.